The molecule has 5 heteroatoms. The van der Waals surface area contributed by atoms with Crippen molar-refractivity contribution in [2.45, 2.75) is 25.4 Å². The summed E-state index contributed by atoms with van der Waals surface area (Å²) >= 11 is 0. The van der Waals surface area contributed by atoms with Crippen LogP contribution in [0.25, 0.3) is 0 Å². The zero-order valence-corrected chi connectivity index (χ0v) is 8.20. The smallest absolute Gasteiger partial charge is 0.327 e. The van der Waals surface area contributed by atoms with Crippen LogP contribution in [0.5, 0.6) is 0 Å². The van der Waals surface area contributed by atoms with Gasteiger partial charge in [0.1, 0.15) is 6.04 Å². The van der Waals surface area contributed by atoms with E-state index in [2.05, 4.69) is 16.6 Å². The molecule has 14 heavy (non-hydrogen) atoms. The third-order valence-corrected chi connectivity index (χ3v) is 1.76. The Labute approximate surface area is 82.9 Å². The molecule has 0 aromatic heterocycles. The molecule has 0 bridgehead atoms. The van der Waals surface area contributed by atoms with Crippen molar-refractivity contribution in [1.82, 2.24) is 10.6 Å². The first-order valence-corrected chi connectivity index (χ1v) is 4.16. The zero-order chi connectivity index (χ0) is 11.1. The standard InChI is InChI=1S/C9H14N2O3/c1-4-5-7(9(13)14)11-8(12)6(2)10-3/h1,6-7,10H,5H2,2-3H3,(H,11,12)(H,13,14). The normalized spacial score (nSPS) is 13.8. The van der Waals surface area contributed by atoms with E-state index in [4.69, 9.17) is 11.5 Å². The summed E-state index contributed by atoms with van der Waals surface area (Å²) in [7, 11) is 1.61. The highest BCUT2D eigenvalue weighted by atomic mass is 16.4. The second kappa shape index (κ2) is 6.00. The highest BCUT2D eigenvalue weighted by Crippen LogP contribution is 1.92. The van der Waals surface area contributed by atoms with Gasteiger partial charge in [-0.25, -0.2) is 4.79 Å². The molecular formula is C9H14N2O3. The highest BCUT2D eigenvalue weighted by Gasteiger charge is 2.20. The van der Waals surface area contributed by atoms with Gasteiger partial charge in [-0.3, -0.25) is 4.79 Å². The zero-order valence-electron chi connectivity index (χ0n) is 8.20. The molecule has 0 saturated carbocycles. The summed E-state index contributed by atoms with van der Waals surface area (Å²) in [6, 6.07) is -1.45. The summed E-state index contributed by atoms with van der Waals surface area (Å²) in [4.78, 5) is 21.9. The maximum absolute atomic E-state index is 11.3. The Hall–Kier alpha value is -1.54. The number of likely N-dealkylation sites (N-methyl/N-ethyl adjacent to an activating group) is 1. The van der Waals surface area contributed by atoms with E-state index in [1.54, 1.807) is 14.0 Å². The van der Waals surface area contributed by atoms with Gasteiger partial charge in [0.2, 0.25) is 5.91 Å². The van der Waals surface area contributed by atoms with E-state index >= 15 is 0 Å². The quantitative estimate of drug-likeness (QED) is 0.505. The molecule has 0 aliphatic carbocycles. The van der Waals surface area contributed by atoms with Crippen LogP contribution in [0, 0.1) is 12.3 Å². The summed E-state index contributed by atoms with van der Waals surface area (Å²) in [6.45, 7) is 1.63. The van der Waals surface area contributed by atoms with Gasteiger partial charge in [0.25, 0.3) is 0 Å². The Morgan fingerprint density at radius 1 is 1.57 bits per heavy atom. The third-order valence-electron chi connectivity index (χ3n) is 1.76. The van der Waals surface area contributed by atoms with E-state index in [1.807, 2.05) is 0 Å². The fraction of sp³-hybridized carbons (Fsp3) is 0.556. The molecule has 1 amide bonds. The second-order valence-electron chi connectivity index (χ2n) is 2.82. The van der Waals surface area contributed by atoms with E-state index in [-0.39, 0.29) is 12.3 Å². The third kappa shape index (κ3) is 3.92. The van der Waals surface area contributed by atoms with Gasteiger partial charge in [0.05, 0.1) is 6.04 Å². The largest absolute Gasteiger partial charge is 0.480 e. The molecule has 0 spiro atoms. The van der Waals surface area contributed by atoms with Gasteiger partial charge in [-0.1, -0.05) is 0 Å². The molecule has 2 unspecified atom stereocenters. The van der Waals surface area contributed by atoms with Crippen LogP contribution in [-0.2, 0) is 9.59 Å². The van der Waals surface area contributed by atoms with Gasteiger partial charge in [-0.05, 0) is 14.0 Å². The number of aliphatic carboxylic acids is 1. The van der Waals surface area contributed by atoms with Crippen LogP contribution in [0.2, 0.25) is 0 Å². The lowest BCUT2D eigenvalue weighted by atomic mass is 10.2. The predicted octanol–water partition coefficient (Wildman–Crippen LogP) is -0.813. The molecule has 0 heterocycles. The van der Waals surface area contributed by atoms with E-state index in [1.165, 1.54) is 0 Å². The summed E-state index contributed by atoms with van der Waals surface area (Å²) in [6.07, 6.45) is 4.95. The van der Waals surface area contributed by atoms with Gasteiger partial charge in [0.15, 0.2) is 0 Å². The molecule has 0 radical (unpaired) electrons. The monoisotopic (exact) mass is 198 g/mol. The first kappa shape index (κ1) is 12.5. The van der Waals surface area contributed by atoms with Gasteiger partial charge in [-0.15, -0.1) is 12.3 Å². The topological polar surface area (TPSA) is 78.4 Å². The number of amides is 1. The second-order valence-corrected chi connectivity index (χ2v) is 2.82. The lowest BCUT2D eigenvalue weighted by Gasteiger charge is -2.15. The molecule has 0 rings (SSSR count). The van der Waals surface area contributed by atoms with Crippen LogP contribution in [-0.4, -0.2) is 36.1 Å². The van der Waals surface area contributed by atoms with Crippen LogP contribution in [0.1, 0.15) is 13.3 Å². The van der Waals surface area contributed by atoms with Crippen molar-refractivity contribution >= 4 is 11.9 Å². The molecule has 0 aromatic rings. The fourth-order valence-electron chi connectivity index (χ4n) is 0.746. The fourth-order valence-corrected chi connectivity index (χ4v) is 0.746. The lowest BCUT2D eigenvalue weighted by molar-refractivity contribution is -0.141. The maximum atomic E-state index is 11.3. The number of hydrogen-bond acceptors (Lipinski definition) is 3. The number of carbonyl (C=O) groups is 2. The molecule has 0 aromatic carbocycles. The van der Waals surface area contributed by atoms with Crippen LogP contribution in [0.4, 0.5) is 0 Å². The van der Waals surface area contributed by atoms with Crippen molar-refractivity contribution in [2.24, 2.45) is 0 Å². The van der Waals surface area contributed by atoms with Crippen LogP contribution in [0.3, 0.4) is 0 Å². The summed E-state index contributed by atoms with van der Waals surface area (Å²) in [5.74, 6) is 0.691. The number of carboxylic acid groups (broad SMARTS) is 1. The van der Waals surface area contributed by atoms with Gasteiger partial charge >= 0.3 is 5.97 Å². The van der Waals surface area contributed by atoms with Crippen molar-refractivity contribution in [3.05, 3.63) is 0 Å². The number of terminal acetylenes is 1. The van der Waals surface area contributed by atoms with Crippen LogP contribution in [0.15, 0.2) is 0 Å². The van der Waals surface area contributed by atoms with Gasteiger partial charge in [-0.2, -0.15) is 0 Å². The van der Waals surface area contributed by atoms with Crippen molar-refractivity contribution in [3.63, 3.8) is 0 Å². The maximum Gasteiger partial charge on any atom is 0.327 e. The number of rotatable bonds is 5. The van der Waals surface area contributed by atoms with E-state index in [0.717, 1.165) is 0 Å². The van der Waals surface area contributed by atoms with Crippen LogP contribution < -0.4 is 10.6 Å². The van der Waals surface area contributed by atoms with Crippen molar-refractivity contribution in [3.8, 4) is 12.3 Å². The SMILES string of the molecule is C#CCC(NC(=O)C(C)NC)C(=O)O. The van der Waals surface area contributed by atoms with Gasteiger partial charge in [0, 0.05) is 6.42 Å². The highest BCUT2D eigenvalue weighted by molar-refractivity contribution is 5.86. The number of carboxylic acids is 1. The molecular weight excluding hydrogens is 184 g/mol. The van der Waals surface area contributed by atoms with E-state index in [9.17, 15) is 9.59 Å². The first-order chi connectivity index (χ1) is 6.52. The van der Waals surface area contributed by atoms with E-state index < -0.39 is 18.1 Å². The Kier molecular flexibility index (Phi) is 5.34. The molecule has 2 atom stereocenters. The van der Waals surface area contributed by atoms with Crippen molar-refractivity contribution in [1.29, 1.82) is 0 Å². The average Bonchev–Trinajstić information content (AvgIpc) is 2.15. The van der Waals surface area contributed by atoms with Gasteiger partial charge < -0.3 is 15.7 Å². The minimum Gasteiger partial charge on any atom is -0.480 e. The minimum absolute atomic E-state index is 0.0164. The summed E-state index contributed by atoms with van der Waals surface area (Å²) in [5, 5.41) is 13.7. The lowest BCUT2D eigenvalue weighted by Crippen LogP contribution is -2.48. The molecule has 0 fully saturated rings. The van der Waals surface area contributed by atoms with Crippen LogP contribution >= 0.6 is 0 Å². The number of hydrogen-bond donors (Lipinski definition) is 3. The Bertz CT molecular complexity index is 257. The number of carbonyl (C=O) groups excluding carboxylic acids is 1. The predicted molar refractivity (Wildman–Crippen MR) is 51.5 cm³/mol. The summed E-state index contributed by atoms with van der Waals surface area (Å²) < 4.78 is 0. The Balaban J connectivity index is 4.24. The molecule has 3 N–H and O–H groups in total. The first-order valence-electron chi connectivity index (χ1n) is 4.16. The Morgan fingerprint density at radius 2 is 2.14 bits per heavy atom. The van der Waals surface area contributed by atoms with E-state index in [0.29, 0.717) is 0 Å². The van der Waals surface area contributed by atoms with Crippen molar-refractivity contribution < 1.29 is 14.7 Å². The average molecular weight is 198 g/mol. The number of nitrogens with one attached hydrogen (secondary N) is 2. The summed E-state index contributed by atoms with van der Waals surface area (Å²) in [5.41, 5.74) is 0. The molecule has 0 aliphatic heterocycles. The Morgan fingerprint density at radius 3 is 2.50 bits per heavy atom. The molecule has 0 saturated heterocycles. The molecule has 5 nitrogen and oxygen atoms in total. The molecule has 78 valence electrons. The van der Waals surface area contributed by atoms with Crippen molar-refractivity contribution in [2.75, 3.05) is 7.05 Å². The molecule has 0 aliphatic rings. The minimum atomic E-state index is -1.13.